The molecule has 1 aliphatic heterocycles. The Balaban J connectivity index is 2.27. The number of nitrogens with zero attached hydrogens (tertiary/aromatic N) is 2. The summed E-state index contributed by atoms with van der Waals surface area (Å²) in [5, 5.41) is 11.3. The number of amides is 1. The molecule has 0 aromatic rings. The molecule has 1 unspecified atom stereocenters. The number of aliphatic hydroxyl groups is 1. The van der Waals surface area contributed by atoms with Crippen molar-refractivity contribution < 1.29 is 9.90 Å². The summed E-state index contributed by atoms with van der Waals surface area (Å²) >= 11 is 0. The summed E-state index contributed by atoms with van der Waals surface area (Å²) in [6.07, 6.45) is 1.15. The first-order valence-corrected chi connectivity index (χ1v) is 6.55. The topological polar surface area (TPSA) is 55.8 Å². The van der Waals surface area contributed by atoms with Crippen molar-refractivity contribution in [1.29, 1.82) is 0 Å². The summed E-state index contributed by atoms with van der Waals surface area (Å²) in [5.41, 5.74) is 0. The number of carbonyl (C=O) groups is 1. The van der Waals surface area contributed by atoms with E-state index in [1.165, 1.54) is 0 Å². The van der Waals surface area contributed by atoms with E-state index in [-0.39, 0.29) is 12.5 Å². The molecule has 0 aromatic heterocycles. The highest BCUT2D eigenvalue weighted by atomic mass is 16.3. The van der Waals surface area contributed by atoms with Gasteiger partial charge in [-0.2, -0.15) is 0 Å². The molecule has 100 valence electrons. The van der Waals surface area contributed by atoms with Gasteiger partial charge >= 0.3 is 0 Å². The van der Waals surface area contributed by atoms with Gasteiger partial charge in [-0.05, 0) is 19.5 Å². The molecule has 1 rings (SSSR count). The normalized spacial score (nSPS) is 21.1. The van der Waals surface area contributed by atoms with Crippen molar-refractivity contribution in [2.24, 2.45) is 0 Å². The standard InChI is InChI=1S/C12H25N3O2/c1-3-15(4-2)11-5-7-14(9-11)10-12(17)13-6-8-16/h11,16H,3-10H2,1-2H3,(H,13,17). The summed E-state index contributed by atoms with van der Waals surface area (Å²) in [6, 6.07) is 0.593. The number of hydrogen-bond acceptors (Lipinski definition) is 4. The quantitative estimate of drug-likeness (QED) is 0.633. The third kappa shape index (κ3) is 4.61. The second kappa shape index (κ2) is 7.63. The molecule has 0 aliphatic carbocycles. The second-order valence-corrected chi connectivity index (χ2v) is 4.47. The van der Waals surface area contributed by atoms with Gasteiger partial charge in [-0.3, -0.25) is 14.6 Å². The van der Waals surface area contributed by atoms with Crippen molar-refractivity contribution in [2.75, 3.05) is 45.9 Å². The number of nitrogens with one attached hydrogen (secondary N) is 1. The van der Waals surface area contributed by atoms with Gasteiger partial charge in [0.05, 0.1) is 13.2 Å². The minimum absolute atomic E-state index is 0.00775. The average Bonchev–Trinajstić information content (AvgIpc) is 2.76. The van der Waals surface area contributed by atoms with Crippen LogP contribution < -0.4 is 5.32 Å². The van der Waals surface area contributed by atoms with Crippen LogP contribution in [0.1, 0.15) is 20.3 Å². The summed E-state index contributed by atoms with van der Waals surface area (Å²) < 4.78 is 0. The lowest BCUT2D eigenvalue weighted by Crippen LogP contribution is -2.40. The van der Waals surface area contributed by atoms with E-state index in [4.69, 9.17) is 5.11 Å². The average molecular weight is 243 g/mol. The van der Waals surface area contributed by atoms with Gasteiger partial charge in [0.2, 0.25) is 5.91 Å². The van der Waals surface area contributed by atoms with E-state index in [2.05, 4.69) is 29.0 Å². The molecule has 1 atom stereocenters. The van der Waals surface area contributed by atoms with E-state index < -0.39 is 0 Å². The minimum Gasteiger partial charge on any atom is -0.395 e. The lowest BCUT2D eigenvalue weighted by molar-refractivity contribution is -0.122. The highest BCUT2D eigenvalue weighted by Crippen LogP contribution is 2.14. The van der Waals surface area contributed by atoms with Gasteiger partial charge in [0.15, 0.2) is 0 Å². The van der Waals surface area contributed by atoms with Gasteiger partial charge in [-0.15, -0.1) is 0 Å². The molecular weight excluding hydrogens is 218 g/mol. The Morgan fingerprint density at radius 1 is 1.47 bits per heavy atom. The van der Waals surface area contributed by atoms with Crippen LogP contribution in [0.3, 0.4) is 0 Å². The van der Waals surface area contributed by atoms with Crippen molar-refractivity contribution in [2.45, 2.75) is 26.3 Å². The summed E-state index contributed by atoms with van der Waals surface area (Å²) in [4.78, 5) is 16.1. The Morgan fingerprint density at radius 2 is 2.18 bits per heavy atom. The number of aliphatic hydroxyl groups excluding tert-OH is 1. The molecule has 0 bridgehead atoms. The molecule has 1 saturated heterocycles. The van der Waals surface area contributed by atoms with Crippen LogP contribution in [-0.4, -0.2) is 72.7 Å². The molecule has 0 radical (unpaired) electrons. The van der Waals surface area contributed by atoms with Crippen molar-refractivity contribution in [3.05, 3.63) is 0 Å². The molecule has 0 aromatic carbocycles. The molecule has 1 aliphatic rings. The fourth-order valence-electron chi connectivity index (χ4n) is 2.45. The first-order valence-electron chi connectivity index (χ1n) is 6.55. The van der Waals surface area contributed by atoms with Gasteiger partial charge in [-0.25, -0.2) is 0 Å². The molecule has 0 saturated carbocycles. The molecular formula is C12H25N3O2. The monoisotopic (exact) mass is 243 g/mol. The largest absolute Gasteiger partial charge is 0.395 e. The predicted octanol–water partition coefficient (Wildman–Crippen LogP) is -0.489. The Bertz CT molecular complexity index is 232. The van der Waals surface area contributed by atoms with Crippen LogP contribution in [0.15, 0.2) is 0 Å². The van der Waals surface area contributed by atoms with Gasteiger partial charge in [0.1, 0.15) is 0 Å². The van der Waals surface area contributed by atoms with Crippen LogP contribution in [0, 0.1) is 0 Å². The maximum atomic E-state index is 11.5. The Morgan fingerprint density at radius 3 is 2.76 bits per heavy atom. The van der Waals surface area contributed by atoms with Crippen molar-refractivity contribution in [3.63, 3.8) is 0 Å². The fourth-order valence-corrected chi connectivity index (χ4v) is 2.45. The molecule has 1 heterocycles. The molecule has 0 spiro atoms. The predicted molar refractivity (Wildman–Crippen MR) is 67.9 cm³/mol. The Kier molecular flexibility index (Phi) is 6.47. The Hall–Kier alpha value is -0.650. The lowest BCUT2D eigenvalue weighted by atomic mass is 10.2. The molecule has 1 amide bonds. The zero-order chi connectivity index (χ0) is 12.7. The van der Waals surface area contributed by atoms with Gasteiger partial charge in [-0.1, -0.05) is 13.8 Å². The third-order valence-electron chi connectivity index (χ3n) is 3.38. The smallest absolute Gasteiger partial charge is 0.234 e. The molecule has 5 heteroatoms. The summed E-state index contributed by atoms with van der Waals surface area (Å²) in [6.45, 7) is 9.30. The van der Waals surface area contributed by atoms with Crippen LogP contribution in [-0.2, 0) is 4.79 Å². The minimum atomic E-state index is 0.00775. The number of hydrogen-bond donors (Lipinski definition) is 2. The van der Waals surface area contributed by atoms with Crippen LogP contribution in [0.5, 0.6) is 0 Å². The molecule has 2 N–H and O–H groups in total. The van der Waals surface area contributed by atoms with Crippen molar-refractivity contribution in [1.82, 2.24) is 15.1 Å². The number of carbonyl (C=O) groups excluding carboxylic acids is 1. The van der Waals surface area contributed by atoms with Crippen LogP contribution in [0.25, 0.3) is 0 Å². The fraction of sp³-hybridized carbons (Fsp3) is 0.917. The first kappa shape index (κ1) is 14.4. The zero-order valence-corrected chi connectivity index (χ0v) is 11.0. The van der Waals surface area contributed by atoms with Crippen LogP contribution in [0.4, 0.5) is 0 Å². The second-order valence-electron chi connectivity index (χ2n) is 4.47. The molecule has 17 heavy (non-hydrogen) atoms. The van der Waals surface area contributed by atoms with Gasteiger partial charge in [0, 0.05) is 25.7 Å². The van der Waals surface area contributed by atoms with E-state index in [0.29, 0.717) is 19.1 Å². The van der Waals surface area contributed by atoms with Crippen LogP contribution in [0.2, 0.25) is 0 Å². The Labute approximate surface area is 104 Å². The molecule has 1 fully saturated rings. The first-order chi connectivity index (χ1) is 8.21. The van der Waals surface area contributed by atoms with Crippen LogP contribution >= 0.6 is 0 Å². The highest BCUT2D eigenvalue weighted by molar-refractivity contribution is 5.78. The molecule has 5 nitrogen and oxygen atoms in total. The van der Waals surface area contributed by atoms with Gasteiger partial charge < -0.3 is 10.4 Å². The van der Waals surface area contributed by atoms with Crippen molar-refractivity contribution in [3.8, 4) is 0 Å². The highest BCUT2D eigenvalue weighted by Gasteiger charge is 2.26. The summed E-state index contributed by atoms with van der Waals surface area (Å²) in [7, 11) is 0. The third-order valence-corrected chi connectivity index (χ3v) is 3.38. The maximum Gasteiger partial charge on any atom is 0.234 e. The summed E-state index contributed by atoms with van der Waals surface area (Å²) in [5.74, 6) is 0.0132. The zero-order valence-electron chi connectivity index (χ0n) is 11.0. The van der Waals surface area contributed by atoms with E-state index in [1.54, 1.807) is 0 Å². The van der Waals surface area contributed by atoms with E-state index in [1.807, 2.05) is 0 Å². The van der Waals surface area contributed by atoms with Gasteiger partial charge in [0.25, 0.3) is 0 Å². The maximum absolute atomic E-state index is 11.5. The number of rotatable bonds is 7. The SMILES string of the molecule is CCN(CC)C1CCN(CC(=O)NCCO)C1. The number of likely N-dealkylation sites (N-methyl/N-ethyl adjacent to an activating group) is 1. The number of likely N-dealkylation sites (tertiary alicyclic amines) is 1. The lowest BCUT2D eigenvalue weighted by Gasteiger charge is -2.26. The van der Waals surface area contributed by atoms with E-state index >= 15 is 0 Å². The van der Waals surface area contributed by atoms with Crippen molar-refractivity contribution >= 4 is 5.91 Å². The van der Waals surface area contributed by atoms with E-state index in [9.17, 15) is 4.79 Å². The van der Waals surface area contributed by atoms with E-state index in [0.717, 1.165) is 32.6 Å².